The molecule has 2 aromatic rings. The summed E-state index contributed by atoms with van der Waals surface area (Å²) in [6, 6.07) is 15.5. The van der Waals surface area contributed by atoms with Crippen LogP contribution in [0.25, 0.3) is 0 Å². The molecule has 4 rings (SSSR count). The van der Waals surface area contributed by atoms with Crippen molar-refractivity contribution >= 4 is 17.3 Å². The molecule has 1 atom stereocenters. The molecule has 160 valence electrons. The third-order valence-electron chi connectivity index (χ3n) is 6.16. The van der Waals surface area contributed by atoms with Crippen LogP contribution in [-0.4, -0.2) is 57.6 Å². The van der Waals surface area contributed by atoms with Gasteiger partial charge >= 0.3 is 0 Å². The van der Waals surface area contributed by atoms with Crippen LogP contribution in [0.1, 0.15) is 24.4 Å². The van der Waals surface area contributed by atoms with Crippen LogP contribution in [0.3, 0.4) is 0 Å². The van der Waals surface area contributed by atoms with E-state index in [9.17, 15) is 9.18 Å². The van der Waals surface area contributed by atoms with Crippen molar-refractivity contribution in [3.63, 3.8) is 0 Å². The maximum absolute atomic E-state index is 13.2. The molecular weight excluding hydrogens is 379 g/mol. The van der Waals surface area contributed by atoms with Crippen LogP contribution in [0.15, 0.2) is 48.5 Å². The average Bonchev–Trinajstić information content (AvgIpc) is 3.61. The second kappa shape index (κ2) is 9.04. The van der Waals surface area contributed by atoms with Crippen molar-refractivity contribution in [1.82, 2.24) is 10.2 Å². The molecule has 30 heavy (non-hydrogen) atoms. The second-order valence-electron chi connectivity index (χ2n) is 8.52. The summed E-state index contributed by atoms with van der Waals surface area (Å²) in [6.07, 6.45) is 2.04. The zero-order chi connectivity index (χ0) is 21.1. The smallest absolute Gasteiger partial charge is 0.223 e. The number of carbonyl (C=O) groups excluding carboxylic acids is 1. The van der Waals surface area contributed by atoms with Gasteiger partial charge in [-0.3, -0.25) is 9.69 Å². The van der Waals surface area contributed by atoms with Crippen LogP contribution < -0.4 is 15.1 Å². The number of amides is 1. The van der Waals surface area contributed by atoms with Gasteiger partial charge in [0.1, 0.15) is 5.82 Å². The molecule has 6 heteroatoms. The van der Waals surface area contributed by atoms with Gasteiger partial charge in [-0.25, -0.2) is 4.39 Å². The highest BCUT2D eigenvalue weighted by Gasteiger charge is 2.31. The van der Waals surface area contributed by atoms with Crippen LogP contribution in [0.2, 0.25) is 0 Å². The zero-order valence-corrected chi connectivity index (χ0v) is 17.9. The van der Waals surface area contributed by atoms with Gasteiger partial charge in [0.2, 0.25) is 5.91 Å². The highest BCUT2D eigenvalue weighted by Crippen LogP contribution is 2.30. The molecule has 2 aromatic carbocycles. The van der Waals surface area contributed by atoms with Gasteiger partial charge in [-0.1, -0.05) is 12.1 Å². The van der Waals surface area contributed by atoms with Gasteiger partial charge in [0.15, 0.2) is 0 Å². The summed E-state index contributed by atoms with van der Waals surface area (Å²) < 4.78 is 13.2. The van der Waals surface area contributed by atoms with E-state index in [4.69, 9.17) is 0 Å². The summed E-state index contributed by atoms with van der Waals surface area (Å²) in [5.41, 5.74) is 3.46. The number of piperazine rings is 1. The number of carbonyl (C=O) groups is 1. The number of anilines is 2. The van der Waals surface area contributed by atoms with E-state index in [1.165, 1.54) is 23.4 Å². The topological polar surface area (TPSA) is 38.8 Å². The van der Waals surface area contributed by atoms with Crippen LogP contribution in [0.4, 0.5) is 15.8 Å². The minimum Gasteiger partial charge on any atom is -0.378 e. The first-order valence-corrected chi connectivity index (χ1v) is 10.8. The molecule has 1 heterocycles. The lowest BCUT2D eigenvalue weighted by Crippen LogP contribution is -2.50. The van der Waals surface area contributed by atoms with E-state index < -0.39 is 0 Å². The molecule has 0 bridgehead atoms. The van der Waals surface area contributed by atoms with Gasteiger partial charge in [-0.2, -0.15) is 0 Å². The van der Waals surface area contributed by atoms with E-state index in [1.807, 2.05) is 26.2 Å². The van der Waals surface area contributed by atoms with Crippen molar-refractivity contribution in [3.05, 3.63) is 59.9 Å². The molecule has 0 unspecified atom stereocenters. The summed E-state index contributed by atoms with van der Waals surface area (Å²) in [7, 11) is 4.08. The first-order chi connectivity index (χ1) is 14.5. The lowest BCUT2D eigenvalue weighted by molar-refractivity contribution is -0.122. The van der Waals surface area contributed by atoms with Gasteiger partial charge in [0.25, 0.3) is 0 Å². The van der Waals surface area contributed by atoms with Crippen molar-refractivity contribution in [2.24, 2.45) is 5.92 Å². The number of rotatable bonds is 7. The maximum atomic E-state index is 13.2. The summed E-state index contributed by atoms with van der Waals surface area (Å²) in [5.74, 6) is 0.206. The van der Waals surface area contributed by atoms with Gasteiger partial charge < -0.3 is 15.1 Å². The van der Waals surface area contributed by atoms with Gasteiger partial charge in [0, 0.05) is 64.1 Å². The highest BCUT2D eigenvalue weighted by atomic mass is 19.1. The fraction of sp³-hybridized carbons (Fsp3) is 0.458. The Morgan fingerprint density at radius 1 is 1.03 bits per heavy atom. The van der Waals surface area contributed by atoms with Gasteiger partial charge in [-0.15, -0.1) is 0 Å². The molecule has 1 saturated carbocycles. The molecule has 2 fully saturated rings. The fourth-order valence-corrected chi connectivity index (χ4v) is 4.08. The van der Waals surface area contributed by atoms with Crippen molar-refractivity contribution in [3.8, 4) is 0 Å². The quantitative estimate of drug-likeness (QED) is 0.760. The van der Waals surface area contributed by atoms with Crippen LogP contribution >= 0.6 is 0 Å². The molecule has 1 aliphatic carbocycles. The lowest BCUT2D eigenvalue weighted by atomic mass is 10.0. The Morgan fingerprint density at radius 2 is 1.67 bits per heavy atom. The van der Waals surface area contributed by atoms with Crippen molar-refractivity contribution in [2.45, 2.75) is 18.9 Å². The molecule has 0 spiro atoms. The third-order valence-corrected chi connectivity index (χ3v) is 6.16. The Morgan fingerprint density at radius 3 is 2.23 bits per heavy atom. The van der Waals surface area contributed by atoms with Gasteiger partial charge in [0.05, 0.1) is 6.04 Å². The normalized spacial score (nSPS) is 18.2. The van der Waals surface area contributed by atoms with E-state index in [0.29, 0.717) is 6.54 Å². The maximum Gasteiger partial charge on any atom is 0.223 e. The second-order valence-corrected chi connectivity index (χ2v) is 8.52. The predicted octanol–water partition coefficient (Wildman–Crippen LogP) is 3.28. The Hall–Kier alpha value is -2.60. The number of benzene rings is 2. The standard InChI is InChI=1S/C24H31FN4O/c1-27(2)21-9-5-18(6-10-21)23(17-26-24(30)19-3-4-19)29-15-13-28(14-16-29)22-11-7-20(25)8-12-22/h5-12,19,23H,3-4,13-17H2,1-2H3,(H,26,30)/t23-/m0/s1. The average molecular weight is 411 g/mol. The summed E-state index contributed by atoms with van der Waals surface area (Å²) in [6.45, 7) is 4.20. The van der Waals surface area contributed by atoms with Crippen molar-refractivity contribution in [2.75, 3.05) is 56.6 Å². The minimum absolute atomic E-state index is 0.152. The first-order valence-electron chi connectivity index (χ1n) is 10.8. The number of hydrogen-bond donors (Lipinski definition) is 1. The zero-order valence-electron chi connectivity index (χ0n) is 17.9. The number of hydrogen-bond acceptors (Lipinski definition) is 4. The lowest BCUT2D eigenvalue weighted by Gasteiger charge is -2.40. The molecule has 0 aromatic heterocycles. The number of nitrogens with one attached hydrogen (secondary N) is 1. The van der Waals surface area contributed by atoms with Gasteiger partial charge in [-0.05, 0) is 54.8 Å². The Labute approximate surface area is 178 Å². The Bertz CT molecular complexity index is 841. The molecule has 1 aliphatic heterocycles. The minimum atomic E-state index is -0.204. The Balaban J connectivity index is 1.44. The van der Waals surface area contributed by atoms with E-state index in [1.54, 1.807) is 0 Å². The molecule has 1 saturated heterocycles. The summed E-state index contributed by atoms with van der Waals surface area (Å²) >= 11 is 0. The van der Waals surface area contributed by atoms with Crippen LogP contribution in [-0.2, 0) is 4.79 Å². The summed E-state index contributed by atoms with van der Waals surface area (Å²) in [4.78, 5) is 19.1. The molecule has 2 aliphatic rings. The van der Waals surface area contributed by atoms with Crippen molar-refractivity contribution in [1.29, 1.82) is 0 Å². The molecule has 5 nitrogen and oxygen atoms in total. The van der Waals surface area contributed by atoms with Crippen LogP contribution in [0, 0.1) is 11.7 Å². The molecule has 0 radical (unpaired) electrons. The predicted molar refractivity (Wildman–Crippen MR) is 119 cm³/mol. The Kier molecular flexibility index (Phi) is 6.23. The highest BCUT2D eigenvalue weighted by molar-refractivity contribution is 5.80. The van der Waals surface area contributed by atoms with Crippen LogP contribution in [0.5, 0.6) is 0 Å². The molecular formula is C24H31FN4O. The third kappa shape index (κ3) is 4.93. The van der Waals surface area contributed by atoms with E-state index in [-0.39, 0.29) is 23.7 Å². The largest absolute Gasteiger partial charge is 0.378 e. The molecule has 1 amide bonds. The SMILES string of the molecule is CN(C)c1ccc([C@H](CNC(=O)C2CC2)N2CCN(c3ccc(F)cc3)CC2)cc1. The first kappa shape index (κ1) is 20.7. The fourth-order valence-electron chi connectivity index (χ4n) is 4.08. The van der Waals surface area contributed by atoms with E-state index >= 15 is 0 Å². The van der Waals surface area contributed by atoms with E-state index in [2.05, 4.69) is 44.3 Å². The molecule has 1 N–H and O–H groups in total. The number of halogens is 1. The summed E-state index contributed by atoms with van der Waals surface area (Å²) in [5, 5.41) is 3.18. The van der Waals surface area contributed by atoms with E-state index in [0.717, 1.165) is 44.7 Å². The monoisotopic (exact) mass is 410 g/mol. The van der Waals surface area contributed by atoms with Crippen molar-refractivity contribution < 1.29 is 9.18 Å². The number of nitrogens with zero attached hydrogens (tertiary/aromatic N) is 3.